The summed E-state index contributed by atoms with van der Waals surface area (Å²) in [5, 5.41) is 19.6. The number of benzene rings is 2. The number of hydrogen-bond donors (Lipinski definition) is 1. The van der Waals surface area contributed by atoms with Gasteiger partial charge in [0.25, 0.3) is 0 Å². The van der Waals surface area contributed by atoms with Crippen LogP contribution in [0.15, 0.2) is 36.4 Å². The van der Waals surface area contributed by atoms with Crippen molar-refractivity contribution in [1.82, 2.24) is 15.0 Å². The van der Waals surface area contributed by atoms with Crippen LogP contribution in [0.2, 0.25) is 0 Å². The third kappa shape index (κ3) is 4.41. The fraction of sp³-hybridized carbons (Fsp3) is 0.455. The van der Waals surface area contributed by atoms with E-state index < -0.39 is 0 Å². The third-order valence-corrected chi connectivity index (χ3v) is 5.02. The Hall–Kier alpha value is -2.56. The Morgan fingerprint density at radius 2 is 1.96 bits per heavy atom. The van der Waals surface area contributed by atoms with Gasteiger partial charge in [0.1, 0.15) is 28.2 Å². The number of fused-ring (bicyclic) bond motifs is 1. The number of rotatable bonds is 9. The van der Waals surface area contributed by atoms with Crippen molar-refractivity contribution < 1.29 is 9.84 Å². The van der Waals surface area contributed by atoms with E-state index in [1.807, 2.05) is 25.1 Å². The van der Waals surface area contributed by atoms with Crippen LogP contribution in [0.4, 0.5) is 0 Å². The van der Waals surface area contributed by atoms with E-state index in [-0.39, 0.29) is 5.75 Å². The molecule has 27 heavy (non-hydrogen) atoms. The monoisotopic (exact) mass is 367 g/mol. The lowest BCUT2D eigenvalue weighted by molar-refractivity contribution is 0.337. The first-order valence-electron chi connectivity index (χ1n) is 9.97. The van der Waals surface area contributed by atoms with Crippen molar-refractivity contribution in [3.63, 3.8) is 0 Å². The van der Waals surface area contributed by atoms with Crippen molar-refractivity contribution in [3.05, 3.63) is 42.0 Å². The highest BCUT2D eigenvalue weighted by molar-refractivity contribution is 5.78. The average Bonchev–Trinajstić information content (AvgIpc) is 3.10. The van der Waals surface area contributed by atoms with Crippen LogP contribution in [0.5, 0.6) is 11.5 Å². The molecule has 1 N–H and O–H groups in total. The Labute approximate surface area is 161 Å². The molecule has 0 bridgehead atoms. The molecule has 5 heteroatoms. The number of aromatic nitrogens is 3. The summed E-state index contributed by atoms with van der Waals surface area (Å²) >= 11 is 0. The van der Waals surface area contributed by atoms with Gasteiger partial charge in [-0.3, -0.25) is 0 Å². The Morgan fingerprint density at radius 3 is 2.67 bits per heavy atom. The van der Waals surface area contributed by atoms with Gasteiger partial charge in [-0.1, -0.05) is 51.7 Å². The third-order valence-electron chi connectivity index (χ3n) is 5.02. The predicted octanol–water partition coefficient (Wildman–Crippen LogP) is 5.28. The lowest BCUT2D eigenvalue weighted by Crippen LogP contribution is -2.04. The van der Waals surface area contributed by atoms with E-state index in [0.29, 0.717) is 24.0 Å². The van der Waals surface area contributed by atoms with Crippen LogP contribution in [0, 0.1) is 5.92 Å². The summed E-state index contributed by atoms with van der Waals surface area (Å²) in [6.07, 6.45) is 5.93. The lowest BCUT2D eigenvalue weighted by Gasteiger charge is -2.14. The normalized spacial score (nSPS) is 12.4. The van der Waals surface area contributed by atoms with Crippen LogP contribution in [0.1, 0.15) is 52.0 Å². The highest BCUT2D eigenvalue weighted by atomic mass is 16.5. The van der Waals surface area contributed by atoms with E-state index in [9.17, 15) is 5.11 Å². The molecule has 3 aromatic rings. The second-order valence-electron chi connectivity index (χ2n) is 6.98. The molecule has 0 saturated heterocycles. The highest BCUT2D eigenvalue weighted by Gasteiger charge is 2.15. The zero-order valence-electron chi connectivity index (χ0n) is 16.5. The number of nitrogens with zero attached hydrogens (tertiary/aromatic N) is 3. The maximum absolute atomic E-state index is 10.4. The van der Waals surface area contributed by atoms with Gasteiger partial charge < -0.3 is 9.84 Å². The van der Waals surface area contributed by atoms with Gasteiger partial charge in [-0.25, -0.2) is 0 Å². The Bertz CT molecular complexity index is 888. The van der Waals surface area contributed by atoms with Gasteiger partial charge in [-0.2, -0.15) is 0 Å². The van der Waals surface area contributed by atoms with Crippen molar-refractivity contribution in [3.8, 4) is 17.2 Å². The van der Waals surface area contributed by atoms with Crippen molar-refractivity contribution in [2.75, 3.05) is 6.61 Å². The number of ether oxygens (including phenoxy) is 1. The maximum atomic E-state index is 10.4. The molecule has 3 rings (SSSR count). The molecule has 1 atom stereocenters. The molecule has 0 radical (unpaired) electrons. The molecule has 0 aliphatic rings. The summed E-state index contributed by atoms with van der Waals surface area (Å²) in [5.74, 6) is 1.41. The van der Waals surface area contributed by atoms with Crippen LogP contribution in [-0.4, -0.2) is 26.7 Å². The second kappa shape index (κ2) is 8.89. The van der Waals surface area contributed by atoms with E-state index in [4.69, 9.17) is 9.84 Å². The molecule has 0 spiro atoms. The van der Waals surface area contributed by atoms with Crippen LogP contribution in [0.25, 0.3) is 16.7 Å². The lowest BCUT2D eigenvalue weighted by atomic mass is 9.91. The van der Waals surface area contributed by atoms with Gasteiger partial charge in [-0.05, 0) is 43.0 Å². The molecule has 2 aromatic carbocycles. The SMILES string of the molecule is CCCCC(CC)Cc1cccc2nn(-c3ccc(OCC)cc3O)nc12. The van der Waals surface area contributed by atoms with E-state index in [2.05, 4.69) is 25.0 Å². The molecule has 5 nitrogen and oxygen atoms in total. The molecular formula is C22H29N3O2. The van der Waals surface area contributed by atoms with Gasteiger partial charge in [0, 0.05) is 6.07 Å². The van der Waals surface area contributed by atoms with Gasteiger partial charge in [0.15, 0.2) is 0 Å². The van der Waals surface area contributed by atoms with E-state index >= 15 is 0 Å². The first-order valence-corrected chi connectivity index (χ1v) is 9.97. The van der Waals surface area contributed by atoms with Crippen LogP contribution < -0.4 is 4.74 Å². The Morgan fingerprint density at radius 1 is 1.11 bits per heavy atom. The van der Waals surface area contributed by atoms with Gasteiger partial charge in [-0.15, -0.1) is 15.0 Å². The zero-order chi connectivity index (χ0) is 19.2. The molecule has 144 valence electrons. The average molecular weight is 367 g/mol. The number of aromatic hydroxyl groups is 1. The van der Waals surface area contributed by atoms with Crippen molar-refractivity contribution in [2.24, 2.45) is 5.92 Å². The minimum atomic E-state index is 0.109. The smallest absolute Gasteiger partial charge is 0.146 e. The number of unbranched alkanes of at least 4 members (excludes halogenated alkanes) is 1. The van der Waals surface area contributed by atoms with Crippen molar-refractivity contribution in [2.45, 2.75) is 52.9 Å². The zero-order valence-corrected chi connectivity index (χ0v) is 16.5. The van der Waals surface area contributed by atoms with E-state index in [1.54, 1.807) is 12.1 Å². The molecule has 0 fully saturated rings. The molecule has 1 heterocycles. The summed E-state index contributed by atoms with van der Waals surface area (Å²) in [4.78, 5) is 1.52. The molecule has 0 amide bonds. The van der Waals surface area contributed by atoms with E-state index in [0.717, 1.165) is 17.5 Å². The number of phenols is 1. The van der Waals surface area contributed by atoms with Gasteiger partial charge >= 0.3 is 0 Å². The minimum absolute atomic E-state index is 0.109. The number of phenolic OH excluding ortho intramolecular Hbond substituents is 1. The van der Waals surface area contributed by atoms with Crippen LogP contribution in [-0.2, 0) is 6.42 Å². The van der Waals surface area contributed by atoms with Crippen molar-refractivity contribution >= 4 is 11.0 Å². The fourth-order valence-corrected chi connectivity index (χ4v) is 3.45. The van der Waals surface area contributed by atoms with Crippen molar-refractivity contribution in [1.29, 1.82) is 0 Å². The first kappa shape index (κ1) is 19.2. The first-order chi connectivity index (χ1) is 13.2. The summed E-state index contributed by atoms with van der Waals surface area (Å²) in [5.41, 5.74) is 3.55. The summed E-state index contributed by atoms with van der Waals surface area (Å²) < 4.78 is 5.43. The molecule has 0 saturated carbocycles. The summed E-state index contributed by atoms with van der Waals surface area (Å²) in [6, 6.07) is 11.4. The molecule has 0 aliphatic carbocycles. The maximum Gasteiger partial charge on any atom is 0.146 e. The second-order valence-corrected chi connectivity index (χ2v) is 6.98. The fourth-order valence-electron chi connectivity index (χ4n) is 3.45. The molecule has 1 unspecified atom stereocenters. The predicted molar refractivity (Wildman–Crippen MR) is 109 cm³/mol. The molecular weight excluding hydrogens is 338 g/mol. The summed E-state index contributed by atoms with van der Waals surface area (Å²) in [6.45, 7) is 6.97. The van der Waals surface area contributed by atoms with Crippen LogP contribution in [0.3, 0.4) is 0 Å². The summed E-state index contributed by atoms with van der Waals surface area (Å²) in [7, 11) is 0. The van der Waals surface area contributed by atoms with Gasteiger partial charge in [0.2, 0.25) is 0 Å². The highest BCUT2D eigenvalue weighted by Crippen LogP contribution is 2.28. The Balaban J connectivity index is 1.91. The minimum Gasteiger partial charge on any atom is -0.505 e. The largest absolute Gasteiger partial charge is 0.505 e. The number of hydrogen-bond acceptors (Lipinski definition) is 4. The van der Waals surface area contributed by atoms with E-state index in [1.165, 1.54) is 36.0 Å². The molecule has 0 aliphatic heterocycles. The quantitative estimate of drug-likeness (QED) is 0.559. The molecule has 1 aromatic heterocycles. The standard InChI is InChI=1S/C22H29N3O2/c1-4-7-9-16(5-2)14-17-10-8-11-19-22(17)24-25(23-19)20-13-12-18(27-6-3)15-21(20)26/h8,10-13,15-16,26H,4-7,9,14H2,1-3H3. The van der Waals surface area contributed by atoms with Gasteiger partial charge in [0.05, 0.1) is 6.61 Å². The Kier molecular flexibility index (Phi) is 6.32. The topological polar surface area (TPSA) is 60.2 Å². The van der Waals surface area contributed by atoms with Crippen LogP contribution >= 0.6 is 0 Å².